The Labute approximate surface area is 78.3 Å². The Morgan fingerprint density at radius 2 is 2.08 bits per heavy atom. The number of nitrogens with zero attached hydrogens (tertiary/aromatic N) is 2. The van der Waals surface area contributed by atoms with Crippen LogP contribution in [0.15, 0.2) is 0 Å². The maximum Gasteiger partial charge on any atom is 0.316 e. The van der Waals surface area contributed by atoms with Crippen LogP contribution in [0.25, 0.3) is 0 Å². The number of rotatable bonds is 1. The Morgan fingerprint density at radius 3 is 2.33 bits per heavy atom. The highest BCUT2D eigenvalue weighted by atomic mass is 35.5. The highest BCUT2D eigenvalue weighted by Crippen LogP contribution is 2.20. The van der Waals surface area contributed by atoms with Gasteiger partial charge >= 0.3 is 5.37 Å². The van der Waals surface area contributed by atoms with Crippen molar-refractivity contribution >= 4 is 17.0 Å². The van der Waals surface area contributed by atoms with Crippen LogP contribution in [0.4, 0.5) is 4.79 Å². The number of likely N-dealkylation sites (N-methyl/N-ethyl adjacent to an activating group) is 1. The van der Waals surface area contributed by atoms with Crippen molar-refractivity contribution in [1.82, 2.24) is 9.80 Å². The van der Waals surface area contributed by atoms with Gasteiger partial charge in [0.1, 0.15) is 0 Å². The molecule has 2 atom stereocenters. The van der Waals surface area contributed by atoms with Crippen molar-refractivity contribution < 1.29 is 4.79 Å². The zero-order valence-electron chi connectivity index (χ0n) is 7.75. The van der Waals surface area contributed by atoms with Crippen LogP contribution in [0.3, 0.4) is 0 Å². The first-order valence-corrected chi connectivity index (χ1v) is 4.51. The van der Waals surface area contributed by atoms with Crippen LogP contribution in [0, 0.1) is 5.92 Å². The molecule has 0 N–H and O–H groups in total. The summed E-state index contributed by atoms with van der Waals surface area (Å²) in [6.07, 6.45) is 0. The molecule has 1 saturated heterocycles. The first-order chi connectivity index (χ1) is 5.52. The first-order valence-electron chi connectivity index (χ1n) is 4.13. The van der Waals surface area contributed by atoms with Gasteiger partial charge in [-0.15, -0.1) is 0 Å². The van der Waals surface area contributed by atoms with Crippen molar-refractivity contribution in [3.8, 4) is 0 Å². The quantitative estimate of drug-likeness (QED) is 0.459. The lowest BCUT2D eigenvalue weighted by Gasteiger charge is -2.21. The third-order valence-corrected chi connectivity index (χ3v) is 2.72. The van der Waals surface area contributed by atoms with Gasteiger partial charge in [-0.2, -0.15) is 0 Å². The molecule has 1 aliphatic heterocycles. The molecule has 0 spiro atoms. The number of carbonyl (C=O) groups is 1. The molecule has 0 saturated carbocycles. The average Bonchev–Trinajstić information content (AvgIpc) is 2.30. The van der Waals surface area contributed by atoms with E-state index in [1.165, 1.54) is 0 Å². The lowest BCUT2D eigenvalue weighted by molar-refractivity contribution is 0.225. The lowest BCUT2D eigenvalue weighted by atomic mass is 10.1. The predicted molar refractivity (Wildman–Crippen MR) is 49.5 cm³/mol. The molecular formula is C8H15ClN2O. The molecule has 70 valence electrons. The van der Waals surface area contributed by atoms with Crippen molar-refractivity contribution in [3.63, 3.8) is 0 Å². The zero-order chi connectivity index (χ0) is 9.30. The molecule has 0 aromatic heterocycles. The van der Waals surface area contributed by atoms with Gasteiger partial charge < -0.3 is 9.80 Å². The van der Waals surface area contributed by atoms with Crippen molar-refractivity contribution in [1.29, 1.82) is 0 Å². The summed E-state index contributed by atoms with van der Waals surface area (Å²) in [4.78, 5) is 14.7. The number of likely N-dealkylation sites (tertiary alicyclic amines) is 1. The van der Waals surface area contributed by atoms with E-state index in [1.807, 2.05) is 14.1 Å². The normalized spacial score (nSPS) is 29.9. The van der Waals surface area contributed by atoms with Gasteiger partial charge in [-0.1, -0.05) is 6.92 Å². The van der Waals surface area contributed by atoms with E-state index in [0.717, 1.165) is 13.1 Å². The van der Waals surface area contributed by atoms with Crippen molar-refractivity contribution in [2.45, 2.75) is 13.0 Å². The topological polar surface area (TPSA) is 23.6 Å². The van der Waals surface area contributed by atoms with E-state index < -0.39 is 0 Å². The van der Waals surface area contributed by atoms with E-state index in [0.29, 0.717) is 12.0 Å². The van der Waals surface area contributed by atoms with Crippen LogP contribution in [0.5, 0.6) is 0 Å². The molecular weight excluding hydrogens is 176 g/mol. The highest BCUT2D eigenvalue weighted by Gasteiger charge is 2.32. The van der Waals surface area contributed by atoms with Gasteiger partial charge in [0.2, 0.25) is 0 Å². The van der Waals surface area contributed by atoms with Gasteiger partial charge in [-0.25, -0.2) is 0 Å². The van der Waals surface area contributed by atoms with Crippen LogP contribution in [0.1, 0.15) is 6.92 Å². The Bertz CT molecular complexity index is 184. The molecule has 2 unspecified atom stereocenters. The molecule has 1 fully saturated rings. The molecule has 1 heterocycles. The zero-order valence-corrected chi connectivity index (χ0v) is 8.51. The van der Waals surface area contributed by atoms with Gasteiger partial charge in [-0.3, -0.25) is 4.79 Å². The fourth-order valence-electron chi connectivity index (χ4n) is 1.77. The lowest BCUT2D eigenvalue weighted by Crippen LogP contribution is -2.34. The number of halogens is 1. The predicted octanol–water partition coefficient (Wildman–Crippen LogP) is 1.23. The minimum absolute atomic E-state index is 0.328. The third-order valence-electron chi connectivity index (χ3n) is 2.48. The second-order valence-corrected chi connectivity index (χ2v) is 3.99. The van der Waals surface area contributed by atoms with E-state index in [4.69, 9.17) is 11.6 Å². The summed E-state index contributed by atoms with van der Waals surface area (Å²) in [7, 11) is 4.06. The molecule has 4 heteroatoms. The van der Waals surface area contributed by atoms with E-state index in [1.54, 1.807) is 4.90 Å². The third kappa shape index (κ3) is 1.90. The van der Waals surface area contributed by atoms with E-state index in [9.17, 15) is 4.79 Å². The van der Waals surface area contributed by atoms with Gasteiger partial charge in [0.25, 0.3) is 0 Å². The minimum Gasteiger partial charge on any atom is -0.327 e. The molecule has 1 amide bonds. The highest BCUT2D eigenvalue weighted by molar-refractivity contribution is 6.62. The molecule has 12 heavy (non-hydrogen) atoms. The Kier molecular flexibility index (Phi) is 2.96. The first kappa shape index (κ1) is 9.81. The Morgan fingerprint density at radius 1 is 1.50 bits per heavy atom. The summed E-state index contributed by atoms with van der Waals surface area (Å²) >= 11 is 5.39. The molecule has 1 rings (SSSR count). The molecule has 0 aliphatic carbocycles. The maximum absolute atomic E-state index is 10.8. The molecule has 0 aromatic rings. The van der Waals surface area contributed by atoms with Crippen LogP contribution < -0.4 is 0 Å². The van der Waals surface area contributed by atoms with Crippen LogP contribution >= 0.6 is 11.6 Å². The smallest absolute Gasteiger partial charge is 0.316 e. The second kappa shape index (κ2) is 3.62. The van der Waals surface area contributed by atoms with Gasteiger partial charge in [0, 0.05) is 19.1 Å². The molecule has 1 aliphatic rings. The van der Waals surface area contributed by atoms with Crippen molar-refractivity contribution in [3.05, 3.63) is 0 Å². The Hall–Kier alpha value is -0.280. The van der Waals surface area contributed by atoms with Crippen LogP contribution in [-0.2, 0) is 0 Å². The molecule has 0 radical (unpaired) electrons. The molecule has 0 bridgehead atoms. The average molecular weight is 191 g/mol. The summed E-state index contributed by atoms with van der Waals surface area (Å²) in [6, 6.07) is 0.452. The van der Waals surface area contributed by atoms with E-state index in [2.05, 4.69) is 11.8 Å². The maximum atomic E-state index is 10.8. The van der Waals surface area contributed by atoms with Crippen molar-refractivity contribution in [2.75, 3.05) is 27.2 Å². The van der Waals surface area contributed by atoms with Crippen LogP contribution in [0.2, 0.25) is 0 Å². The standard InChI is InChI=1S/C8H15ClN2O/c1-6-4-11(8(9)12)5-7(6)10(2)3/h6-7H,4-5H2,1-3H3. The summed E-state index contributed by atoms with van der Waals surface area (Å²) in [5.74, 6) is 0.516. The molecule has 3 nitrogen and oxygen atoms in total. The van der Waals surface area contributed by atoms with E-state index >= 15 is 0 Å². The molecule has 0 aromatic carbocycles. The fraction of sp³-hybridized carbons (Fsp3) is 0.875. The number of amides is 1. The monoisotopic (exact) mass is 190 g/mol. The largest absolute Gasteiger partial charge is 0.327 e. The van der Waals surface area contributed by atoms with Gasteiger partial charge in [0.05, 0.1) is 0 Å². The van der Waals surface area contributed by atoms with Gasteiger partial charge in [-0.05, 0) is 31.6 Å². The number of hydrogen-bond donors (Lipinski definition) is 0. The Balaban J connectivity index is 2.56. The second-order valence-electron chi connectivity index (χ2n) is 3.67. The number of hydrogen-bond acceptors (Lipinski definition) is 2. The summed E-state index contributed by atoms with van der Waals surface area (Å²) in [5.41, 5.74) is 0. The summed E-state index contributed by atoms with van der Waals surface area (Å²) in [5, 5.41) is -0.328. The minimum atomic E-state index is -0.328. The van der Waals surface area contributed by atoms with E-state index in [-0.39, 0.29) is 5.37 Å². The summed E-state index contributed by atoms with van der Waals surface area (Å²) in [6.45, 7) is 3.69. The SMILES string of the molecule is CC1CN(C(=O)Cl)CC1N(C)C. The van der Waals surface area contributed by atoms with Gasteiger partial charge in [0.15, 0.2) is 0 Å². The van der Waals surface area contributed by atoms with Crippen LogP contribution in [-0.4, -0.2) is 48.4 Å². The van der Waals surface area contributed by atoms with Crippen molar-refractivity contribution in [2.24, 2.45) is 5.92 Å². The number of carbonyl (C=O) groups excluding carboxylic acids is 1. The fourth-order valence-corrected chi connectivity index (χ4v) is 1.90. The summed E-state index contributed by atoms with van der Waals surface area (Å²) < 4.78 is 0.